The topological polar surface area (TPSA) is 64.1 Å². The Morgan fingerprint density at radius 1 is 1.05 bits per heavy atom. The quantitative estimate of drug-likeness (QED) is 0.576. The van der Waals surface area contributed by atoms with Crippen LogP contribution in [0.3, 0.4) is 0 Å². The first kappa shape index (κ1) is 17.2. The molecule has 0 saturated heterocycles. The maximum Gasteiger partial charge on any atom is 0.0205 e. The Hall–Kier alpha value is -0.900. The van der Waals surface area contributed by atoms with E-state index in [0.29, 0.717) is 6.54 Å². The van der Waals surface area contributed by atoms with Gasteiger partial charge in [-0.1, -0.05) is 44.5 Å². The van der Waals surface area contributed by atoms with Crippen LogP contribution in [0.15, 0.2) is 24.3 Å². The zero-order valence-corrected chi connectivity index (χ0v) is 13.1. The van der Waals surface area contributed by atoms with Gasteiger partial charge in [0.25, 0.3) is 0 Å². The third kappa shape index (κ3) is 6.04. The van der Waals surface area contributed by atoms with Crippen LogP contribution < -0.4 is 16.8 Å². The van der Waals surface area contributed by atoms with E-state index in [2.05, 4.69) is 43.4 Å². The second kappa shape index (κ2) is 9.11. The van der Waals surface area contributed by atoms with Crippen molar-refractivity contribution in [2.24, 2.45) is 11.5 Å². The fraction of sp³-hybridized carbons (Fsp3) is 0.647. The van der Waals surface area contributed by atoms with E-state index in [1.807, 2.05) is 0 Å². The molecular weight excluding hydrogens is 246 g/mol. The Labute approximate surface area is 124 Å². The molecule has 1 aromatic carbocycles. The minimum atomic E-state index is 0.0409. The number of hydrogen-bond donors (Lipinski definition) is 3. The highest BCUT2D eigenvalue weighted by Crippen LogP contribution is 2.19. The summed E-state index contributed by atoms with van der Waals surface area (Å²) in [6.07, 6.45) is 5.62. The summed E-state index contributed by atoms with van der Waals surface area (Å²) < 4.78 is 0. The van der Waals surface area contributed by atoms with Crippen molar-refractivity contribution in [3.63, 3.8) is 0 Å². The van der Waals surface area contributed by atoms with Crippen molar-refractivity contribution in [3.05, 3.63) is 35.4 Å². The van der Waals surface area contributed by atoms with Crippen molar-refractivity contribution >= 4 is 0 Å². The van der Waals surface area contributed by atoms with E-state index in [1.54, 1.807) is 0 Å². The lowest BCUT2D eigenvalue weighted by Gasteiger charge is -2.27. The van der Waals surface area contributed by atoms with Crippen molar-refractivity contribution in [1.82, 2.24) is 5.32 Å². The van der Waals surface area contributed by atoms with Crippen LogP contribution in [0.1, 0.15) is 57.1 Å². The molecule has 0 heterocycles. The number of nitrogens with two attached hydrogens (primary N) is 2. The lowest BCUT2D eigenvalue weighted by atomic mass is 9.87. The molecule has 0 fully saturated rings. The second-order valence-electron chi connectivity index (χ2n) is 5.77. The smallest absolute Gasteiger partial charge is 0.0205 e. The summed E-state index contributed by atoms with van der Waals surface area (Å²) >= 11 is 0. The summed E-state index contributed by atoms with van der Waals surface area (Å²) in [5.74, 6) is 0. The van der Waals surface area contributed by atoms with E-state index in [1.165, 1.54) is 17.5 Å². The van der Waals surface area contributed by atoms with Crippen molar-refractivity contribution in [1.29, 1.82) is 0 Å². The van der Waals surface area contributed by atoms with Gasteiger partial charge in [0.05, 0.1) is 0 Å². The minimum absolute atomic E-state index is 0.0409. The van der Waals surface area contributed by atoms with Gasteiger partial charge in [-0.15, -0.1) is 0 Å². The molecule has 3 heteroatoms. The van der Waals surface area contributed by atoms with E-state index in [9.17, 15) is 0 Å². The van der Waals surface area contributed by atoms with Crippen LogP contribution in [0.2, 0.25) is 0 Å². The van der Waals surface area contributed by atoms with Gasteiger partial charge in [0.1, 0.15) is 0 Å². The average Bonchev–Trinajstić information content (AvgIpc) is 2.48. The van der Waals surface area contributed by atoms with Gasteiger partial charge in [0, 0.05) is 18.6 Å². The predicted molar refractivity (Wildman–Crippen MR) is 87.4 cm³/mol. The highest BCUT2D eigenvalue weighted by molar-refractivity contribution is 5.22. The minimum Gasteiger partial charge on any atom is -0.326 e. The molecular formula is C17H31N3. The third-order valence-electron chi connectivity index (χ3n) is 4.07. The average molecular weight is 277 g/mol. The summed E-state index contributed by atoms with van der Waals surface area (Å²) in [4.78, 5) is 0. The Bertz CT molecular complexity index is 361. The maximum atomic E-state index is 6.39. The molecule has 0 amide bonds. The summed E-state index contributed by atoms with van der Waals surface area (Å²) in [6.45, 7) is 6.97. The Morgan fingerprint density at radius 2 is 1.70 bits per heavy atom. The molecule has 114 valence electrons. The Morgan fingerprint density at radius 3 is 2.25 bits per heavy atom. The summed E-state index contributed by atoms with van der Waals surface area (Å²) in [5, 5.41) is 3.49. The number of rotatable bonds is 10. The SMILES string of the molecule is CCCC(N)(CC)CCCNCc1ccc(CN)cc1. The zero-order chi connectivity index (χ0) is 14.8. The zero-order valence-electron chi connectivity index (χ0n) is 13.1. The van der Waals surface area contributed by atoms with Gasteiger partial charge in [0.2, 0.25) is 0 Å². The largest absolute Gasteiger partial charge is 0.326 e. The molecule has 0 aliphatic rings. The maximum absolute atomic E-state index is 6.39. The predicted octanol–water partition coefficient (Wildman–Crippen LogP) is 2.92. The van der Waals surface area contributed by atoms with Crippen molar-refractivity contribution < 1.29 is 0 Å². The summed E-state index contributed by atoms with van der Waals surface area (Å²) in [5.41, 5.74) is 14.5. The van der Waals surface area contributed by atoms with E-state index in [-0.39, 0.29) is 5.54 Å². The molecule has 0 spiro atoms. The molecule has 0 aliphatic heterocycles. The van der Waals surface area contributed by atoms with Gasteiger partial charge in [-0.05, 0) is 43.4 Å². The van der Waals surface area contributed by atoms with Crippen LogP contribution >= 0.6 is 0 Å². The molecule has 5 N–H and O–H groups in total. The van der Waals surface area contributed by atoms with Crippen molar-refractivity contribution in [2.75, 3.05) is 6.54 Å². The molecule has 1 aromatic rings. The molecule has 0 saturated carbocycles. The van der Waals surface area contributed by atoms with Crippen LogP contribution in [-0.4, -0.2) is 12.1 Å². The fourth-order valence-corrected chi connectivity index (χ4v) is 2.57. The van der Waals surface area contributed by atoms with E-state index in [0.717, 1.165) is 38.8 Å². The molecule has 3 nitrogen and oxygen atoms in total. The molecule has 0 radical (unpaired) electrons. The standard InChI is InChI=1S/C17H31N3/c1-3-10-17(19,4-2)11-5-12-20-14-16-8-6-15(13-18)7-9-16/h6-9,20H,3-5,10-14,18-19H2,1-2H3. The molecule has 1 unspecified atom stereocenters. The molecule has 0 aromatic heterocycles. The normalized spacial score (nSPS) is 14.2. The lowest BCUT2D eigenvalue weighted by Crippen LogP contribution is -2.39. The van der Waals surface area contributed by atoms with Crippen LogP contribution in [0.25, 0.3) is 0 Å². The second-order valence-corrected chi connectivity index (χ2v) is 5.77. The molecule has 1 atom stereocenters. The van der Waals surface area contributed by atoms with Crippen LogP contribution in [0, 0.1) is 0 Å². The van der Waals surface area contributed by atoms with E-state index < -0.39 is 0 Å². The highest BCUT2D eigenvalue weighted by atomic mass is 14.8. The van der Waals surface area contributed by atoms with Crippen molar-refractivity contribution in [2.45, 2.75) is 64.6 Å². The van der Waals surface area contributed by atoms with E-state index >= 15 is 0 Å². The first-order chi connectivity index (χ1) is 9.63. The van der Waals surface area contributed by atoms with Crippen LogP contribution in [-0.2, 0) is 13.1 Å². The first-order valence-corrected chi connectivity index (χ1v) is 7.91. The monoisotopic (exact) mass is 277 g/mol. The van der Waals surface area contributed by atoms with Crippen LogP contribution in [0.5, 0.6) is 0 Å². The fourth-order valence-electron chi connectivity index (χ4n) is 2.57. The highest BCUT2D eigenvalue weighted by Gasteiger charge is 2.20. The van der Waals surface area contributed by atoms with Gasteiger partial charge >= 0.3 is 0 Å². The molecule has 0 aliphatic carbocycles. The first-order valence-electron chi connectivity index (χ1n) is 7.91. The third-order valence-corrected chi connectivity index (χ3v) is 4.07. The van der Waals surface area contributed by atoms with Gasteiger partial charge in [-0.3, -0.25) is 0 Å². The van der Waals surface area contributed by atoms with Crippen molar-refractivity contribution in [3.8, 4) is 0 Å². The lowest BCUT2D eigenvalue weighted by molar-refractivity contribution is 0.338. The summed E-state index contributed by atoms with van der Waals surface area (Å²) in [6, 6.07) is 8.48. The molecule has 0 bridgehead atoms. The van der Waals surface area contributed by atoms with Gasteiger partial charge in [-0.25, -0.2) is 0 Å². The van der Waals surface area contributed by atoms with Gasteiger partial charge in [-0.2, -0.15) is 0 Å². The number of benzene rings is 1. The Kier molecular flexibility index (Phi) is 7.82. The molecule has 20 heavy (non-hydrogen) atoms. The van der Waals surface area contributed by atoms with E-state index in [4.69, 9.17) is 11.5 Å². The molecule has 1 rings (SSSR count). The van der Waals surface area contributed by atoms with Gasteiger partial charge in [0.15, 0.2) is 0 Å². The van der Waals surface area contributed by atoms with Crippen LogP contribution in [0.4, 0.5) is 0 Å². The number of nitrogens with one attached hydrogen (secondary N) is 1. The summed E-state index contributed by atoms with van der Waals surface area (Å²) in [7, 11) is 0. The number of hydrogen-bond acceptors (Lipinski definition) is 3. The van der Waals surface area contributed by atoms with Gasteiger partial charge < -0.3 is 16.8 Å². The Balaban J connectivity index is 2.21.